The highest BCUT2D eigenvalue weighted by Crippen LogP contribution is 2.48. The van der Waals surface area contributed by atoms with E-state index in [0.29, 0.717) is 100.0 Å². The molecule has 0 saturated carbocycles. The molecule has 5 heterocycles. The molecular formula is C91H182N4O19Si2. The van der Waals surface area contributed by atoms with Crippen molar-refractivity contribution in [3.8, 4) is 0 Å². The fourth-order valence-corrected chi connectivity index (χ4v) is 21.2. The molecule has 0 aliphatic carbocycles. The lowest BCUT2D eigenvalue weighted by Crippen LogP contribution is -2.63. The van der Waals surface area contributed by atoms with Crippen molar-refractivity contribution in [3.05, 3.63) is 0 Å². The number of aliphatic hydroxyl groups is 6. The van der Waals surface area contributed by atoms with E-state index in [-0.39, 0.29) is 75.8 Å². The Kier molecular flexibility index (Phi) is 43.0. The number of ether oxygens (including phenoxy) is 8. The quantitative estimate of drug-likeness (QED) is 0.0347. The molecule has 0 bridgehead atoms. The van der Waals surface area contributed by atoms with Crippen molar-refractivity contribution in [2.45, 2.75) is 466 Å². The van der Waals surface area contributed by atoms with E-state index in [1.54, 1.807) is 13.8 Å². The van der Waals surface area contributed by atoms with Crippen molar-refractivity contribution < 1.29 is 91.8 Å². The molecule has 0 aromatic carbocycles. The number of esters is 1. The molecule has 23 nitrogen and oxygen atoms in total. The van der Waals surface area contributed by atoms with Crippen LogP contribution in [0, 0.1) is 52.3 Å². The Morgan fingerprint density at radius 1 is 0.621 bits per heavy atom. The third-order valence-electron chi connectivity index (χ3n) is 29.0. The van der Waals surface area contributed by atoms with Crippen molar-refractivity contribution in [2.24, 2.45) is 52.3 Å². The molecule has 0 radical (unpaired) electrons. The lowest BCUT2D eigenvalue weighted by atomic mass is 9.71. The molecule has 5 aliphatic heterocycles. The SMILES string of the molecule is CC1CC(C)(C)[C@@H](C)[C@H](C)O1.CC[C@@H](O)[C@H](C)[C@@H](OC1C[C@@H](N(C)C)C[C@@H](C)O1)[C@](C)(O)C[C@@H](C)CN(C)[C@H](C)[C@@H](O[Si](C)(C)C(C)(C)C)[C@](C)(O)[C@H](O)CC.CC[C@H]1OC(=O)[C@H](C)[C@@H](OC2CC(C)(C)[C@@H](C)[C@H](C)O2)[C@H](C)[C@@H](OC2C[C@@H](N(C)C)C[C@@H](C)O2)[C@](C)(O)C[C@@H](C)CN(C)[C@H](C)[C@@H](O[Si](C)(C)C(C)(C)C)[C@]1(C)O.O=C=O. The lowest BCUT2D eigenvalue weighted by molar-refractivity contribution is -0.292. The number of nitrogens with zero attached hydrogens (tertiary/aromatic N) is 4. The molecule has 5 saturated heterocycles. The van der Waals surface area contributed by atoms with Crippen LogP contribution in [-0.2, 0) is 61.1 Å². The zero-order chi connectivity index (χ0) is 90.4. The van der Waals surface area contributed by atoms with Crippen LogP contribution in [0.2, 0.25) is 36.3 Å². The van der Waals surface area contributed by atoms with Crippen LogP contribution in [0.3, 0.4) is 0 Å². The van der Waals surface area contributed by atoms with Crippen molar-refractivity contribution in [1.82, 2.24) is 19.6 Å². The Balaban J connectivity index is 0.000000685. The van der Waals surface area contributed by atoms with Gasteiger partial charge >= 0.3 is 12.1 Å². The predicted octanol–water partition coefficient (Wildman–Crippen LogP) is 15.4. The first-order valence-electron chi connectivity index (χ1n) is 44.6. The number of aliphatic hydroxyl groups excluding tert-OH is 2. The number of cyclic esters (lactones) is 1. The Labute approximate surface area is 710 Å². The summed E-state index contributed by atoms with van der Waals surface area (Å²) in [5.74, 6) is -1.08. The van der Waals surface area contributed by atoms with E-state index < -0.39 is 125 Å². The van der Waals surface area contributed by atoms with Gasteiger partial charge in [-0.15, -0.1) is 0 Å². The van der Waals surface area contributed by atoms with E-state index in [2.05, 4.69) is 212 Å². The monoisotopic (exact) mass is 1690 g/mol. The number of hydrogen-bond acceptors (Lipinski definition) is 23. The molecule has 6 N–H and O–H groups in total. The summed E-state index contributed by atoms with van der Waals surface area (Å²) in [6.07, 6.45) is 0.744. The van der Waals surface area contributed by atoms with Gasteiger partial charge in [-0.3, -0.25) is 4.79 Å². The minimum atomic E-state index is -2.43. The number of carbonyl (C=O) groups excluding carboxylic acids is 3. The second-order valence-corrected chi connectivity index (χ2v) is 52.6. The normalized spacial score (nSPS) is 36.6. The van der Waals surface area contributed by atoms with Crippen molar-refractivity contribution >= 4 is 28.8 Å². The van der Waals surface area contributed by atoms with Crippen LogP contribution >= 0.6 is 0 Å². The van der Waals surface area contributed by atoms with E-state index in [1.165, 1.54) is 6.42 Å². The zero-order valence-electron chi connectivity index (χ0n) is 81.6. The van der Waals surface area contributed by atoms with Crippen molar-refractivity contribution in [1.29, 1.82) is 0 Å². The van der Waals surface area contributed by atoms with Gasteiger partial charge in [0.05, 0.1) is 90.4 Å². The minimum Gasteiger partial charge on any atom is -0.459 e. The maximum Gasteiger partial charge on any atom is 0.373 e. The average molecular weight is 1690 g/mol. The number of rotatable bonds is 26. The van der Waals surface area contributed by atoms with Gasteiger partial charge in [0.15, 0.2) is 35.5 Å². The van der Waals surface area contributed by atoms with E-state index in [0.717, 1.165) is 12.8 Å². The van der Waals surface area contributed by atoms with E-state index in [4.69, 9.17) is 56.3 Å². The predicted molar refractivity (Wildman–Crippen MR) is 470 cm³/mol. The maximum absolute atomic E-state index is 14.7. The second kappa shape index (κ2) is 45.1. The van der Waals surface area contributed by atoms with Crippen molar-refractivity contribution in [2.75, 3.05) is 55.4 Å². The van der Waals surface area contributed by atoms with E-state index in [9.17, 15) is 35.4 Å². The number of likely N-dealkylation sites (N-methyl/N-ethyl adjacent to an activating group) is 2. The molecule has 116 heavy (non-hydrogen) atoms. The Morgan fingerprint density at radius 2 is 1.09 bits per heavy atom. The van der Waals surface area contributed by atoms with Gasteiger partial charge in [-0.2, -0.15) is 9.59 Å². The smallest absolute Gasteiger partial charge is 0.373 e. The second-order valence-electron chi connectivity index (χ2n) is 43.1. The van der Waals surface area contributed by atoms with Gasteiger partial charge in [0.1, 0.15) is 17.3 Å². The van der Waals surface area contributed by atoms with Crippen LogP contribution in [0.5, 0.6) is 0 Å². The zero-order valence-corrected chi connectivity index (χ0v) is 83.6. The van der Waals surface area contributed by atoms with Crippen LogP contribution < -0.4 is 0 Å². The topological polar surface area (TPSA) is 278 Å². The number of carbonyl (C=O) groups is 1. The van der Waals surface area contributed by atoms with E-state index in [1.807, 2.05) is 76.4 Å². The summed E-state index contributed by atoms with van der Waals surface area (Å²) in [5, 5.41) is 70.8. The standard InChI is InChI=1S/C45H88N2O9Si.C35H74N2O7Si.C10H20O.CO2/c1-21-35-45(15,50)40(56-57(19,20)42(9,10)11)32(7)47(18)26-27(2)24-44(14,49)39(55-36-23-34(46(16)17)22-28(3)51-36)29(4)38(30(5)41(48)53-35)54-37-25-43(12,13)31(6)33(8)52-37;1-17-28(38)25(5)31(43-30-20-27(36(12)13)19-24(4)42-30)34(10,40)21-23(3)22-37(14)26(6)32(35(11,41)29(39)18-2)44-45(15,16)33(7,8)9;1-7-6-10(4,5)8(2)9(3)11-7;2-1-3/h27-40,49-50H,21-26H2,1-20H3;23-32,38-41H,17-22H2,1-16H3;7-9H,6H2,1-5H3;/t27-,28-,29+,30-,31+,32-,33+,34+,35-,36?,37?,38+,39-,40-,44-,45-;23-,24-,25+,26-,27+,28-,29-,30?,31-,32-,34-,35-;7?,8-,9-;/m110./s1. The molecule has 0 aromatic rings. The summed E-state index contributed by atoms with van der Waals surface area (Å²) in [4.78, 5) is 39.7. The van der Waals surface area contributed by atoms with Gasteiger partial charge < -0.3 is 97.0 Å². The first kappa shape index (κ1) is 111. The molecular weight excluding hydrogens is 1510 g/mol. The molecule has 31 atom stereocenters. The molecule has 5 fully saturated rings. The van der Waals surface area contributed by atoms with Gasteiger partial charge in [0, 0.05) is 68.4 Å². The molecule has 25 heteroatoms. The molecule has 0 aromatic heterocycles. The molecule has 5 aliphatic rings. The van der Waals surface area contributed by atoms with Gasteiger partial charge in [0.25, 0.3) is 0 Å². The average Bonchev–Trinajstić information content (AvgIpc) is 1.09. The van der Waals surface area contributed by atoms with Gasteiger partial charge in [-0.1, -0.05) is 132 Å². The summed E-state index contributed by atoms with van der Waals surface area (Å²) < 4.78 is 66.0. The highest BCUT2D eigenvalue weighted by molar-refractivity contribution is 6.74. The molecule has 0 spiro atoms. The minimum absolute atomic E-state index is 0.0107. The van der Waals surface area contributed by atoms with Crippen LogP contribution in [-0.4, -0.2) is 279 Å². The first-order chi connectivity index (χ1) is 52.5. The number of hydrogen-bond donors (Lipinski definition) is 6. The summed E-state index contributed by atoms with van der Waals surface area (Å²) in [6, 6.07) is 0.0958. The fraction of sp³-hybridized carbons (Fsp3) is 0.978. The largest absolute Gasteiger partial charge is 0.459 e. The molecule has 688 valence electrons. The highest BCUT2D eigenvalue weighted by atomic mass is 28.4. The van der Waals surface area contributed by atoms with E-state index >= 15 is 0 Å². The van der Waals surface area contributed by atoms with Crippen LogP contribution in [0.15, 0.2) is 0 Å². The third kappa shape index (κ3) is 31.0. The van der Waals surface area contributed by atoms with Gasteiger partial charge in [0.2, 0.25) is 0 Å². The van der Waals surface area contributed by atoms with Gasteiger partial charge in [-0.25, -0.2) is 0 Å². The summed E-state index contributed by atoms with van der Waals surface area (Å²) in [6.45, 7) is 74.4. The van der Waals surface area contributed by atoms with Crippen LogP contribution in [0.1, 0.15) is 285 Å². The van der Waals surface area contributed by atoms with Crippen LogP contribution in [0.25, 0.3) is 0 Å². The Morgan fingerprint density at radius 3 is 1.54 bits per heavy atom. The molecule has 0 amide bonds. The Hall–Kier alpha value is -1.48. The summed E-state index contributed by atoms with van der Waals surface area (Å²) in [7, 11) is 7.64. The van der Waals surface area contributed by atoms with Crippen LogP contribution in [0.4, 0.5) is 0 Å². The Bertz CT molecular complexity index is 2880. The summed E-state index contributed by atoms with van der Waals surface area (Å²) >= 11 is 0. The molecule has 5 rings (SSSR count). The first-order valence-corrected chi connectivity index (χ1v) is 50.5. The van der Waals surface area contributed by atoms with Gasteiger partial charge in [-0.05, 0) is 248 Å². The maximum atomic E-state index is 14.7. The lowest BCUT2D eigenvalue weighted by Gasteiger charge is -2.49. The molecule has 4 unspecified atom stereocenters. The summed E-state index contributed by atoms with van der Waals surface area (Å²) in [5.41, 5.74) is -5.19. The fourth-order valence-electron chi connectivity index (χ4n) is 18.3. The third-order valence-corrected chi connectivity index (χ3v) is 37.9. The highest BCUT2D eigenvalue weighted by Gasteiger charge is 2.56. The van der Waals surface area contributed by atoms with Crippen molar-refractivity contribution in [3.63, 3.8) is 0 Å².